The summed E-state index contributed by atoms with van der Waals surface area (Å²) in [5.74, 6) is 1.87. The maximum absolute atomic E-state index is 6.01. The zero-order valence-corrected chi connectivity index (χ0v) is 10.9. The summed E-state index contributed by atoms with van der Waals surface area (Å²) in [5, 5.41) is 5.96. The van der Waals surface area contributed by atoms with E-state index in [2.05, 4.69) is 24.0 Å². The Kier molecular flexibility index (Phi) is 3.91. The fourth-order valence-electron chi connectivity index (χ4n) is 1.76. The number of thiophene rings is 1. The van der Waals surface area contributed by atoms with Gasteiger partial charge in [0, 0.05) is 12.5 Å². The van der Waals surface area contributed by atoms with Gasteiger partial charge in [-0.15, -0.1) is 11.3 Å². The molecule has 5 heteroatoms. The van der Waals surface area contributed by atoms with Crippen molar-refractivity contribution in [2.45, 2.75) is 32.7 Å². The highest BCUT2D eigenvalue weighted by atomic mass is 32.1. The third kappa shape index (κ3) is 3.38. The van der Waals surface area contributed by atoms with Gasteiger partial charge < -0.3 is 10.3 Å². The topological polar surface area (TPSA) is 64.9 Å². The van der Waals surface area contributed by atoms with Crippen molar-refractivity contribution in [2.75, 3.05) is 0 Å². The SMILES string of the molecule is CC(C)CC(N)Cc1nc(-c2cccs2)no1. The van der Waals surface area contributed by atoms with Crippen LogP contribution in [0.3, 0.4) is 0 Å². The van der Waals surface area contributed by atoms with Crippen LogP contribution in [0.4, 0.5) is 0 Å². The van der Waals surface area contributed by atoms with E-state index in [1.807, 2.05) is 17.5 Å². The summed E-state index contributed by atoms with van der Waals surface area (Å²) in [6.45, 7) is 4.31. The van der Waals surface area contributed by atoms with Crippen LogP contribution in [0.25, 0.3) is 10.7 Å². The molecule has 1 unspecified atom stereocenters. The second kappa shape index (κ2) is 5.42. The normalized spacial score (nSPS) is 13.2. The van der Waals surface area contributed by atoms with E-state index in [0.717, 1.165) is 11.3 Å². The Morgan fingerprint density at radius 2 is 2.29 bits per heavy atom. The van der Waals surface area contributed by atoms with Gasteiger partial charge in [-0.05, 0) is 23.8 Å². The van der Waals surface area contributed by atoms with E-state index in [0.29, 0.717) is 24.1 Å². The lowest BCUT2D eigenvalue weighted by atomic mass is 10.0. The van der Waals surface area contributed by atoms with Crippen LogP contribution >= 0.6 is 11.3 Å². The third-order valence-corrected chi connectivity index (χ3v) is 3.29. The first kappa shape index (κ1) is 12.3. The van der Waals surface area contributed by atoms with Crippen LogP contribution < -0.4 is 5.73 Å². The number of hydrogen-bond acceptors (Lipinski definition) is 5. The summed E-state index contributed by atoms with van der Waals surface area (Å²) in [4.78, 5) is 5.38. The summed E-state index contributed by atoms with van der Waals surface area (Å²) in [7, 11) is 0. The summed E-state index contributed by atoms with van der Waals surface area (Å²) in [6.07, 6.45) is 1.62. The van der Waals surface area contributed by atoms with Gasteiger partial charge in [0.25, 0.3) is 0 Å². The summed E-state index contributed by atoms with van der Waals surface area (Å²) in [5.41, 5.74) is 6.01. The van der Waals surface area contributed by atoms with E-state index in [9.17, 15) is 0 Å². The van der Waals surface area contributed by atoms with E-state index >= 15 is 0 Å². The first-order valence-corrected chi connectivity index (χ1v) is 6.65. The molecule has 0 fully saturated rings. The molecule has 0 bridgehead atoms. The van der Waals surface area contributed by atoms with Gasteiger partial charge in [0.1, 0.15) is 0 Å². The molecular formula is C12H17N3OS. The number of nitrogens with two attached hydrogens (primary N) is 1. The van der Waals surface area contributed by atoms with Crippen molar-refractivity contribution in [1.82, 2.24) is 10.1 Å². The summed E-state index contributed by atoms with van der Waals surface area (Å²) < 4.78 is 5.21. The Hall–Kier alpha value is -1.20. The molecule has 17 heavy (non-hydrogen) atoms. The molecule has 0 aliphatic rings. The second-order valence-corrected chi connectivity index (χ2v) is 5.53. The molecule has 2 aromatic rings. The van der Waals surface area contributed by atoms with Crippen LogP contribution in [0.15, 0.2) is 22.0 Å². The van der Waals surface area contributed by atoms with Crippen molar-refractivity contribution in [2.24, 2.45) is 11.7 Å². The largest absolute Gasteiger partial charge is 0.339 e. The Bertz CT molecular complexity index is 450. The predicted molar refractivity (Wildman–Crippen MR) is 68.7 cm³/mol. The van der Waals surface area contributed by atoms with E-state index < -0.39 is 0 Å². The minimum Gasteiger partial charge on any atom is -0.339 e. The summed E-state index contributed by atoms with van der Waals surface area (Å²) >= 11 is 1.60. The Morgan fingerprint density at radius 1 is 1.47 bits per heavy atom. The predicted octanol–water partition coefficient (Wildman–Crippen LogP) is 2.71. The van der Waals surface area contributed by atoms with Crippen LogP contribution in [-0.2, 0) is 6.42 Å². The van der Waals surface area contributed by atoms with Crippen LogP contribution in [0, 0.1) is 5.92 Å². The van der Waals surface area contributed by atoms with Crippen molar-refractivity contribution in [1.29, 1.82) is 0 Å². The maximum atomic E-state index is 6.01. The standard InChI is InChI=1S/C12H17N3OS/c1-8(2)6-9(13)7-11-14-12(15-16-11)10-4-3-5-17-10/h3-5,8-9H,6-7,13H2,1-2H3. The molecule has 0 aliphatic heterocycles. The van der Waals surface area contributed by atoms with E-state index in [1.165, 1.54) is 0 Å². The van der Waals surface area contributed by atoms with E-state index in [-0.39, 0.29) is 6.04 Å². The van der Waals surface area contributed by atoms with Gasteiger partial charge >= 0.3 is 0 Å². The van der Waals surface area contributed by atoms with Gasteiger partial charge in [-0.2, -0.15) is 4.98 Å². The Balaban J connectivity index is 1.99. The molecule has 0 amide bonds. The van der Waals surface area contributed by atoms with Crippen molar-refractivity contribution in [3.05, 3.63) is 23.4 Å². The number of nitrogens with zero attached hydrogens (tertiary/aromatic N) is 2. The van der Waals surface area contributed by atoms with Crippen molar-refractivity contribution in [3.63, 3.8) is 0 Å². The van der Waals surface area contributed by atoms with Gasteiger partial charge in [-0.1, -0.05) is 25.1 Å². The lowest BCUT2D eigenvalue weighted by Crippen LogP contribution is -2.24. The van der Waals surface area contributed by atoms with Crippen molar-refractivity contribution in [3.8, 4) is 10.7 Å². The first-order chi connectivity index (χ1) is 8.15. The Labute approximate surface area is 105 Å². The van der Waals surface area contributed by atoms with E-state index in [4.69, 9.17) is 10.3 Å². The fraction of sp³-hybridized carbons (Fsp3) is 0.500. The van der Waals surface area contributed by atoms with Crippen LogP contribution in [-0.4, -0.2) is 16.2 Å². The lowest BCUT2D eigenvalue weighted by molar-refractivity contribution is 0.359. The zero-order chi connectivity index (χ0) is 12.3. The average Bonchev–Trinajstić information content (AvgIpc) is 2.84. The molecule has 4 nitrogen and oxygen atoms in total. The Morgan fingerprint density at radius 3 is 2.94 bits per heavy atom. The molecule has 1 atom stereocenters. The van der Waals surface area contributed by atoms with Gasteiger partial charge in [0.05, 0.1) is 4.88 Å². The molecular weight excluding hydrogens is 234 g/mol. The fourth-order valence-corrected chi connectivity index (χ4v) is 2.41. The number of hydrogen-bond donors (Lipinski definition) is 1. The minimum absolute atomic E-state index is 0.0895. The average molecular weight is 251 g/mol. The molecule has 2 rings (SSSR count). The van der Waals surface area contributed by atoms with Crippen LogP contribution in [0.1, 0.15) is 26.2 Å². The van der Waals surface area contributed by atoms with Gasteiger partial charge in [-0.25, -0.2) is 0 Å². The lowest BCUT2D eigenvalue weighted by Gasteiger charge is -2.10. The van der Waals surface area contributed by atoms with Gasteiger partial charge in [-0.3, -0.25) is 0 Å². The smallest absolute Gasteiger partial charge is 0.228 e. The molecule has 0 radical (unpaired) electrons. The third-order valence-electron chi connectivity index (χ3n) is 2.42. The second-order valence-electron chi connectivity index (χ2n) is 4.58. The highest BCUT2D eigenvalue weighted by Crippen LogP contribution is 2.21. The molecule has 0 saturated carbocycles. The van der Waals surface area contributed by atoms with Gasteiger partial charge in [0.2, 0.25) is 11.7 Å². The van der Waals surface area contributed by atoms with Crippen LogP contribution in [0.2, 0.25) is 0 Å². The first-order valence-electron chi connectivity index (χ1n) is 5.77. The van der Waals surface area contributed by atoms with E-state index in [1.54, 1.807) is 11.3 Å². The maximum Gasteiger partial charge on any atom is 0.228 e. The molecule has 2 N–H and O–H groups in total. The molecule has 0 saturated heterocycles. The molecule has 0 aromatic carbocycles. The van der Waals surface area contributed by atoms with Crippen molar-refractivity contribution >= 4 is 11.3 Å². The number of aromatic nitrogens is 2. The highest BCUT2D eigenvalue weighted by Gasteiger charge is 2.13. The number of rotatable bonds is 5. The quantitative estimate of drug-likeness (QED) is 0.887. The zero-order valence-electron chi connectivity index (χ0n) is 10.1. The highest BCUT2D eigenvalue weighted by molar-refractivity contribution is 7.13. The molecule has 2 heterocycles. The minimum atomic E-state index is 0.0895. The molecule has 2 aromatic heterocycles. The van der Waals surface area contributed by atoms with Gasteiger partial charge in [0.15, 0.2) is 0 Å². The molecule has 0 spiro atoms. The molecule has 0 aliphatic carbocycles. The van der Waals surface area contributed by atoms with Crippen LogP contribution in [0.5, 0.6) is 0 Å². The monoisotopic (exact) mass is 251 g/mol. The summed E-state index contributed by atoms with van der Waals surface area (Å²) in [6, 6.07) is 4.04. The molecule has 92 valence electrons. The van der Waals surface area contributed by atoms with Crippen molar-refractivity contribution < 1.29 is 4.52 Å².